The fourth-order valence-corrected chi connectivity index (χ4v) is 2.44. The number of carbonyl (C=O) groups is 1. The third-order valence-corrected chi connectivity index (χ3v) is 3.18. The summed E-state index contributed by atoms with van der Waals surface area (Å²) in [6, 6.07) is 5.81. The van der Waals surface area contributed by atoms with E-state index in [9.17, 15) is 4.79 Å². The summed E-state index contributed by atoms with van der Waals surface area (Å²) in [6.45, 7) is 0. The Morgan fingerprint density at radius 2 is 2.27 bits per heavy atom. The maximum Gasteiger partial charge on any atom is 0.257 e. The number of H-pyrrole nitrogens is 1. The fraction of sp³-hybridized carbons (Fsp3) is 0. The molecule has 3 heterocycles. The largest absolute Gasteiger partial charge is 0.362 e. The molecule has 0 radical (unpaired) electrons. The number of rotatable bonds is 1. The predicted molar refractivity (Wildman–Crippen MR) is 61.6 cm³/mol. The minimum absolute atomic E-state index is 0.0218. The summed E-state index contributed by atoms with van der Waals surface area (Å²) < 4.78 is 0. The molecule has 0 fully saturated rings. The average Bonchev–Trinajstić information content (AvgIpc) is 2.86. The number of anilines is 1. The summed E-state index contributed by atoms with van der Waals surface area (Å²) in [7, 11) is 0. The van der Waals surface area contributed by atoms with Crippen LogP contribution in [0.2, 0.25) is 0 Å². The molecule has 4 heteroatoms. The van der Waals surface area contributed by atoms with Crippen LogP contribution in [0.4, 0.5) is 5.00 Å². The van der Waals surface area contributed by atoms with Crippen molar-refractivity contribution >= 4 is 33.9 Å². The highest BCUT2D eigenvalue weighted by Gasteiger charge is 2.24. The number of hydrogen-bond donors (Lipinski definition) is 2. The number of thiophene rings is 1. The van der Waals surface area contributed by atoms with Gasteiger partial charge in [0.2, 0.25) is 0 Å². The molecule has 0 saturated heterocycles. The summed E-state index contributed by atoms with van der Waals surface area (Å²) in [5.74, 6) is -0.0218. The molecule has 3 nitrogen and oxygen atoms in total. The van der Waals surface area contributed by atoms with Gasteiger partial charge in [-0.05, 0) is 29.7 Å². The standard InChI is InChI=1S/C11H8N2OS/c14-10-9(6-7-2-1-4-12-7)8-3-5-15-11(8)13-10/h1-6,12H,(H,13,14)/b9-6-. The fourth-order valence-electron chi connectivity index (χ4n) is 1.64. The Kier molecular flexibility index (Phi) is 1.76. The Morgan fingerprint density at radius 3 is 3.07 bits per heavy atom. The lowest BCUT2D eigenvalue weighted by atomic mass is 10.1. The van der Waals surface area contributed by atoms with Gasteiger partial charge in [0.1, 0.15) is 5.00 Å². The zero-order valence-corrected chi connectivity index (χ0v) is 8.60. The van der Waals surface area contributed by atoms with E-state index in [4.69, 9.17) is 0 Å². The summed E-state index contributed by atoms with van der Waals surface area (Å²) in [4.78, 5) is 14.7. The monoisotopic (exact) mass is 216 g/mol. The third kappa shape index (κ3) is 1.30. The van der Waals surface area contributed by atoms with Gasteiger partial charge in [-0.15, -0.1) is 11.3 Å². The van der Waals surface area contributed by atoms with E-state index in [1.165, 1.54) is 0 Å². The Labute approximate surface area is 90.4 Å². The summed E-state index contributed by atoms with van der Waals surface area (Å²) >= 11 is 1.55. The first kappa shape index (κ1) is 8.49. The molecule has 0 saturated carbocycles. The van der Waals surface area contributed by atoms with Crippen molar-refractivity contribution in [2.24, 2.45) is 0 Å². The molecule has 2 aromatic rings. The van der Waals surface area contributed by atoms with Crippen LogP contribution in [0.15, 0.2) is 29.8 Å². The zero-order chi connectivity index (χ0) is 10.3. The molecule has 0 atom stereocenters. The highest BCUT2D eigenvalue weighted by molar-refractivity contribution is 7.15. The first-order valence-electron chi connectivity index (χ1n) is 4.59. The lowest BCUT2D eigenvalue weighted by molar-refractivity contribution is -0.110. The van der Waals surface area contributed by atoms with Crippen molar-refractivity contribution in [1.82, 2.24) is 4.98 Å². The van der Waals surface area contributed by atoms with Gasteiger partial charge in [0.05, 0.1) is 5.57 Å². The number of hydrogen-bond acceptors (Lipinski definition) is 2. The highest BCUT2D eigenvalue weighted by atomic mass is 32.1. The van der Waals surface area contributed by atoms with Gasteiger partial charge in [0.25, 0.3) is 5.91 Å². The topological polar surface area (TPSA) is 44.9 Å². The van der Waals surface area contributed by atoms with Crippen molar-refractivity contribution in [3.05, 3.63) is 41.0 Å². The number of aromatic amines is 1. The number of nitrogens with one attached hydrogen (secondary N) is 2. The van der Waals surface area contributed by atoms with E-state index in [1.807, 2.05) is 35.9 Å². The normalized spacial score (nSPS) is 16.8. The van der Waals surface area contributed by atoms with Gasteiger partial charge in [-0.2, -0.15) is 0 Å². The molecule has 1 aliphatic heterocycles. The van der Waals surface area contributed by atoms with Crippen molar-refractivity contribution in [2.45, 2.75) is 0 Å². The van der Waals surface area contributed by atoms with Crippen molar-refractivity contribution < 1.29 is 4.79 Å². The smallest absolute Gasteiger partial charge is 0.257 e. The summed E-state index contributed by atoms with van der Waals surface area (Å²) in [6.07, 6.45) is 3.71. The van der Waals surface area contributed by atoms with E-state index in [0.29, 0.717) is 0 Å². The number of fused-ring (bicyclic) bond motifs is 1. The minimum atomic E-state index is -0.0218. The average molecular weight is 216 g/mol. The van der Waals surface area contributed by atoms with Gasteiger partial charge in [-0.3, -0.25) is 4.79 Å². The Balaban J connectivity index is 2.10. The second-order valence-corrected chi connectivity index (χ2v) is 4.22. The van der Waals surface area contributed by atoms with Crippen LogP contribution in [0.25, 0.3) is 11.6 Å². The lowest BCUT2D eigenvalue weighted by Gasteiger charge is -1.93. The Bertz CT molecular complexity index is 537. The van der Waals surface area contributed by atoms with Crippen LogP contribution >= 0.6 is 11.3 Å². The molecule has 1 aliphatic rings. The molecule has 0 unspecified atom stereocenters. The van der Waals surface area contributed by atoms with E-state index in [2.05, 4.69) is 10.3 Å². The van der Waals surface area contributed by atoms with Crippen molar-refractivity contribution in [3.8, 4) is 0 Å². The van der Waals surface area contributed by atoms with E-state index < -0.39 is 0 Å². The first-order chi connectivity index (χ1) is 7.34. The van der Waals surface area contributed by atoms with Gasteiger partial charge in [0.15, 0.2) is 0 Å². The maximum absolute atomic E-state index is 11.6. The number of carbonyl (C=O) groups excluding carboxylic acids is 1. The molecule has 15 heavy (non-hydrogen) atoms. The molecule has 2 aromatic heterocycles. The van der Waals surface area contributed by atoms with Gasteiger partial charge in [-0.1, -0.05) is 0 Å². The zero-order valence-electron chi connectivity index (χ0n) is 7.78. The summed E-state index contributed by atoms with van der Waals surface area (Å²) in [5.41, 5.74) is 2.67. The van der Waals surface area contributed by atoms with Crippen LogP contribution in [-0.2, 0) is 4.79 Å². The van der Waals surface area contributed by atoms with Gasteiger partial charge >= 0.3 is 0 Å². The van der Waals surface area contributed by atoms with Gasteiger partial charge < -0.3 is 10.3 Å². The van der Waals surface area contributed by atoms with E-state index in [-0.39, 0.29) is 5.91 Å². The van der Waals surface area contributed by atoms with Crippen molar-refractivity contribution in [3.63, 3.8) is 0 Å². The van der Waals surface area contributed by atoms with Crippen molar-refractivity contribution in [1.29, 1.82) is 0 Å². The molecule has 0 bridgehead atoms. The SMILES string of the molecule is O=C1Nc2sccc2/C1=C/c1ccc[nH]1. The predicted octanol–water partition coefficient (Wildman–Crippen LogP) is 2.57. The molecular formula is C11H8N2OS. The minimum Gasteiger partial charge on any atom is -0.362 e. The molecule has 0 aromatic carbocycles. The highest BCUT2D eigenvalue weighted by Crippen LogP contribution is 2.36. The summed E-state index contributed by atoms with van der Waals surface area (Å²) in [5, 5.41) is 5.76. The lowest BCUT2D eigenvalue weighted by Crippen LogP contribution is -2.03. The molecule has 0 spiro atoms. The molecule has 1 amide bonds. The first-order valence-corrected chi connectivity index (χ1v) is 5.47. The molecule has 2 N–H and O–H groups in total. The molecule has 3 rings (SSSR count). The van der Waals surface area contributed by atoms with Crippen molar-refractivity contribution in [2.75, 3.05) is 5.32 Å². The van der Waals surface area contributed by atoms with Gasteiger partial charge in [-0.25, -0.2) is 0 Å². The van der Waals surface area contributed by atoms with Crippen LogP contribution in [0.1, 0.15) is 11.3 Å². The van der Waals surface area contributed by atoms with Crippen LogP contribution < -0.4 is 5.32 Å². The van der Waals surface area contributed by atoms with E-state index in [1.54, 1.807) is 11.3 Å². The Hall–Kier alpha value is -1.81. The van der Waals surface area contributed by atoms with Crippen LogP contribution in [0, 0.1) is 0 Å². The third-order valence-electron chi connectivity index (χ3n) is 2.35. The molecule has 0 aliphatic carbocycles. The second-order valence-electron chi connectivity index (χ2n) is 3.30. The number of aromatic nitrogens is 1. The number of amides is 1. The van der Waals surface area contributed by atoms with Crippen LogP contribution in [-0.4, -0.2) is 10.9 Å². The molecular weight excluding hydrogens is 208 g/mol. The maximum atomic E-state index is 11.6. The van der Waals surface area contributed by atoms with Gasteiger partial charge in [0, 0.05) is 17.5 Å². The van der Waals surface area contributed by atoms with Crippen LogP contribution in [0.3, 0.4) is 0 Å². The second kappa shape index (κ2) is 3.10. The quantitative estimate of drug-likeness (QED) is 0.707. The molecule has 74 valence electrons. The Morgan fingerprint density at radius 1 is 1.33 bits per heavy atom. The van der Waals surface area contributed by atoms with Crippen LogP contribution in [0.5, 0.6) is 0 Å². The van der Waals surface area contributed by atoms with E-state index in [0.717, 1.165) is 21.8 Å². The van der Waals surface area contributed by atoms with E-state index >= 15 is 0 Å².